The van der Waals surface area contributed by atoms with Crippen molar-refractivity contribution in [1.29, 1.82) is 0 Å². The first-order valence-corrected chi connectivity index (χ1v) is 15.4. The Morgan fingerprint density at radius 2 is 1.80 bits per heavy atom. The molecule has 3 N–H and O–H groups in total. The molecule has 0 radical (unpaired) electrons. The van der Waals surface area contributed by atoms with Gasteiger partial charge in [0, 0.05) is 37.4 Å². The first-order valence-electron chi connectivity index (χ1n) is 13.6. The molecule has 2 amide bonds. The third kappa shape index (κ3) is 9.78. The molecule has 1 aliphatic rings. The van der Waals surface area contributed by atoms with Crippen LogP contribution in [-0.2, 0) is 25.0 Å². The van der Waals surface area contributed by atoms with Crippen LogP contribution >= 0.6 is 7.60 Å². The van der Waals surface area contributed by atoms with Gasteiger partial charge in [-0.1, -0.05) is 57.0 Å². The average Bonchev–Trinajstić information content (AvgIpc) is 2.96. The lowest BCUT2D eigenvalue weighted by atomic mass is 10.1. The van der Waals surface area contributed by atoms with Gasteiger partial charge in [0.1, 0.15) is 11.7 Å². The van der Waals surface area contributed by atoms with Crippen molar-refractivity contribution in [3.05, 3.63) is 47.8 Å². The SMILES string of the molecule is CCCCOP(=O)(O)CC(NC(=O)c1cc(CCCC)nc(-c2ccccc2)n1)C(=O)OC(=O)N1CCNCC1. The summed E-state index contributed by atoms with van der Waals surface area (Å²) >= 11 is 0. The van der Waals surface area contributed by atoms with Gasteiger partial charge in [-0.25, -0.2) is 19.6 Å². The lowest BCUT2D eigenvalue weighted by molar-refractivity contribution is -0.140. The van der Waals surface area contributed by atoms with Gasteiger partial charge in [0.15, 0.2) is 5.82 Å². The van der Waals surface area contributed by atoms with Crippen LogP contribution in [0.2, 0.25) is 0 Å². The Hall–Kier alpha value is -3.18. The number of hydrogen-bond donors (Lipinski definition) is 3. The highest BCUT2D eigenvalue weighted by Gasteiger charge is 2.35. The van der Waals surface area contributed by atoms with Crippen molar-refractivity contribution in [2.24, 2.45) is 0 Å². The van der Waals surface area contributed by atoms with Crippen molar-refractivity contribution in [2.75, 3.05) is 38.9 Å². The van der Waals surface area contributed by atoms with E-state index in [0.29, 0.717) is 56.1 Å². The summed E-state index contributed by atoms with van der Waals surface area (Å²) in [6.07, 6.45) is 2.00. The zero-order valence-electron chi connectivity index (χ0n) is 23.0. The first kappa shape index (κ1) is 31.3. The molecule has 1 aliphatic heterocycles. The summed E-state index contributed by atoms with van der Waals surface area (Å²) in [5, 5.41) is 5.54. The van der Waals surface area contributed by atoms with Gasteiger partial charge >= 0.3 is 19.7 Å². The first-order chi connectivity index (χ1) is 19.2. The van der Waals surface area contributed by atoms with Crippen molar-refractivity contribution < 1.29 is 33.1 Å². The van der Waals surface area contributed by atoms with Crippen LogP contribution in [0.3, 0.4) is 0 Å². The second-order valence-electron chi connectivity index (χ2n) is 9.49. The molecule has 2 heterocycles. The molecule has 3 rings (SSSR count). The molecule has 218 valence electrons. The van der Waals surface area contributed by atoms with E-state index in [0.717, 1.165) is 19.3 Å². The molecule has 13 heteroatoms. The lowest BCUT2D eigenvalue weighted by Crippen LogP contribution is -2.50. The fraction of sp³-hybridized carbons (Fsp3) is 0.519. The smallest absolute Gasteiger partial charge is 0.375 e. The van der Waals surface area contributed by atoms with Crippen LogP contribution in [-0.4, -0.2) is 82.7 Å². The van der Waals surface area contributed by atoms with E-state index in [2.05, 4.69) is 20.6 Å². The summed E-state index contributed by atoms with van der Waals surface area (Å²) in [4.78, 5) is 59.7. The summed E-state index contributed by atoms with van der Waals surface area (Å²) in [5.41, 5.74) is 1.33. The highest BCUT2D eigenvalue weighted by Crippen LogP contribution is 2.42. The number of piperazine rings is 1. The minimum Gasteiger partial charge on any atom is -0.375 e. The summed E-state index contributed by atoms with van der Waals surface area (Å²) in [5.74, 6) is -1.60. The molecule has 0 saturated carbocycles. The topological polar surface area (TPSA) is 160 Å². The molecule has 2 aromatic rings. The number of esters is 1. The predicted octanol–water partition coefficient (Wildman–Crippen LogP) is 3.16. The zero-order chi connectivity index (χ0) is 29.0. The molecule has 0 aliphatic carbocycles. The Morgan fingerprint density at radius 1 is 1.10 bits per heavy atom. The summed E-state index contributed by atoms with van der Waals surface area (Å²) in [6, 6.07) is 9.04. The minimum atomic E-state index is -4.32. The largest absolute Gasteiger partial charge is 0.417 e. The Morgan fingerprint density at radius 3 is 2.48 bits per heavy atom. The van der Waals surface area contributed by atoms with E-state index in [4.69, 9.17) is 9.26 Å². The van der Waals surface area contributed by atoms with Gasteiger partial charge in [-0.2, -0.15) is 0 Å². The van der Waals surface area contributed by atoms with Gasteiger partial charge in [-0.15, -0.1) is 0 Å². The molecule has 1 aromatic carbocycles. The van der Waals surface area contributed by atoms with E-state index >= 15 is 0 Å². The Bertz CT molecular complexity index is 1190. The number of hydrogen-bond acceptors (Lipinski definition) is 9. The van der Waals surface area contributed by atoms with Crippen LogP contribution in [0.1, 0.15) is 55.7 Å². The molecular formula is C27H38N5O7P. The van der Waals surface area contributed by atoms with Crippen molar-refractivity contribution in [2.45, 2.75) is 52.0 Å². The van der Waals surface area contributed by atoms with Gasteiger partial charge in [-0.3, -0.25) is 9.36 Å². The summed E-state index contributed by atoms with van der Waals surface area (Å²) < 4.78 is 22.9. The number of aromatic nitrogens is 2. The Labute approximate surface area is 234 Å². The van der Waals surface area contributed by atoms with Gasteiger partial charge in [0.25, 0.3) is 5.91 Å². The maximum absolute atomic E-state index is 13.4. The summed E-state index contributed by atoms with van der Waals surface area (Å²) in [6.45, 7) is 5.70. The van der Waals surface area contributed by atoms with Gasteiger partial charge in [0.05, 0.1) is 12.8 Å². The number of rotatable bonds is 13. The third-order valence-electron chi connectivity index (χ3n) is 6.19. The molecular weight excluding hydrogens is 537 g/mol. The normalized spacial score (nSPS) is 15.6. The quantitative estimate of drug-likeness (QED) is 0.140. The summed E-state index contributed by atoms with van der Waals surface area (Å²) in [7, 11) is -4.32. The number of unbranched alkanes of at least 4 members (excludes halogenated alkanes) is 2. The van der Waals surface area contributed by atoms with Crippen LogP contribution < -0.4 is 10.6 Å². The van der Waals surface area contributed by atoms with Crippen LogP contribution in [0.4, 0.5) is 4.79 Å². The molecule has 40 heavy (non-hydrogen) atoms. The lowest BCUT2D eigenvalue weighted by Gasteiger charge is -2.27. The number of nitrogens with one attached hydrogen (secondary N) is 2. The van der Waals surface area contributed by atoms with E-state index < -0.39 is 37.8 Å². The standard InChI is InChI=1S/C27H38N5O7P/c1-3-5-12-21-18-22(30-24(29-21)20-10-8-7-9-11-20)25(33)31-23(19-40(36,37)38-17-6-4-2)26(34)39-27(35)32-15-13-28-14-16-32/h7-11,18,23,28H,3-6,12-17,19H2,1-2H3,(H,31,33)(H,36,37). The highest BCUT2D eigenvalue weighted by molar-refractivity contribution is 7.52. The fourth-order valence-electron chi connectivity index (χ4n) is 3.93. The maximum Gasteiger partial charge on any atom is 0.417 e. The fourth-order valence-corrected chi connectivity index (χ4v) is 5.15. The monoisotopic (exact) mass is 575 g/mol. The minimum absolute atomic E-state index is 0.00678. The molecule has 12 nitrogen and oxygen atoms in total. The second kappa shape index (κ2) is 15.6. The van der Waals surface area contributed by atoms with Gasteiger partial charge < -0.3 is 29.7 Å². The number of aryl methyl sites for hydroxylation is 1. The number of ether oxygens (including phenoxy) is 1. The number of nitrogens with zero attached hydrogens (tertiary/aromatic N) is 3. The number of carbonyl (C=O) groups is 3. The van der Waals surface area contributed by atoms with Gasteiger partial charge in [0.2, 0.25) is 0 Å². The molecule has 0 spiro atoms. The van der Waals surface area contributed by atoms with Crippen molar-refractivity contribution in [3.8, 4) is 11.4 Å². The number of amides is 2. The highest BCUT2D eigenvalue weighted by atomic mass is 31.2. The molecule has 2 atom stereocenters. The molecule has 0 bridgehead atoms. The van der Waals surface area contributed by atoms with E-state index in [1.165, 1.54) is 11.0 Å². The zero-order valence-corrected chi connectivity index (χ0v) is 23.9. The third-order valence-corrected chi connectivity index (χ3v) is 7.60. The molecule has 1 aromatic heterocycles. The Balaban J connectivity index is 1.85. The molecule has 1 saturated heterocycles. The van der Waals surface area contributed by atoms with E-state index in [1.54, 1.807) is 0 Å². The van der Waals surface area contributed by atoms with Crippen LogP contribution in [0.5, 0.6) is 0 Å². The predicted molar refractivity (Wildman–Crippen MR) is 149 cm³/mol. The van der Waals surface area contributed by atoms with Crippen molar-refractivity contribution in [3.63, 3.8) is 0 Å². The van der Waals surface area contributed by atoms with E-state index in [9.17, 15) is 23.8 Å². The van der Waals surface area contributed by atoms with E-state index in [1.807, 2.05) is 44.2 Å². The molecule has 2 unspecified atom stereocenters. The second-order valence-corrected chi connectivity index (χ2v) is 11.4. The average molecular weight is 576 g/mol. The maximum atomic E-state index is 13.4. The van der Waals surface area contributed by atoms with Gasteiger partial charge in [-0.05, 0) is 25.3 Å². The number of benzene rings is 1. The van der Waals surface area contributed by atoms with Crippen LogP contribution in [0, 0.1) is 0 Å². The van der Waals surface area contributed by atoms with Crippen molar-refractivity contribution >= 4 is 25.6 Å². The number of carbonyl (C=O) groups excluding carboxylic acids is 3. The van der Waals surface area contributed by atoms with E-state index in [-0.39, 0.29) is 12.3 Å². The van der Waals surface area contributed by atoms with Crippen LogP contribution in [0.25, 0.3) is 11.4 Å². The Kier molecular flexibility index (Phi) is 12.2. The van der Waals surface area contributed by atoms with Crippen LogP contribution in [0.15, 0.2) is 36.4 Å². The molecule has 1 fully saturated rings. The van der Waals surface area contributed by atoms with Crippen molar-refractivity contribution in [1.82, 2.24) is 25.5 Å².